The minimum atomic E-state index is -0.611. The summed E-state index contributed by atoms with van der Waals surface area (Å²) >= 11 is 7.09. The number of piperazine rings is 1. The van der Waals surface area contributed by atoms with Crippen LogP contribution in [0.3, 0.4) is 0 Å². The number of nitrogens with zero attached hydrogens (tertiary/aromatic N) is 9. The number of halogens is 1. The Labute approximate surface area is 290 Å². The summed E-state index contributed by atoms with van der Waals surface area (Å²) in [5.74, 6) is 1.51. The van der Waals surface area contributed by atoms with E-state index in [4.69, 9.17) is 26.1 Å². The molecule has 1 aliphatic heterocycles. The SMILES string of the molecule is COc1ccc(CN(c2nc(Nc3cc(C#N)cc(N4C[C@@H](C)N(C(=O)OC(C)(C)C)[C@@H](C)C4)c3Cl)nc3c(C#N)cnn23)C2CC2)cc1. The van der Waals surface area contributed by atoms with Crippen LogP contribution >= 0.6 is 11.6 Å². The smallest absolute Gasteiger partial charge is 0.410 e. The molecule has 0 spiro atoms. The van der Waals surface area contributed by atoms with E-state index in [1.807, 2.05) is 58.9 Å². The molecule has 1 saturated heterocycles. The fourth-order valence-corrected chi connectivity index (χ4v) is 6.45. The highest BCUT2D eigenvalue weighted by molar-refractivity contribution is 6.36. The van der Waals surface area contributed by atoms with E-state index in [-0.39, 0.29) is 30.2 Å². The molecule has 0 radical (unpaired) electrons. The maximum Gasteiger partial charge on any atom is 0.410 e. The fourth-order valence-electron chi connectivity index (χ4n) is 6.17. The van der Waals surface area contributed by atoms with E-state index >= 15 is 0 Å². The molecule has 4 aromatic rings. The molecule has 2 fully saturated rings. The van der Waals surface area contributed by atoms with Crippen LogP contribution < -0.4 is 19.9 Å². The third-order valence-electron chi connectivity index (χ3n) is 8.52. The molecule has 2 aliphatic rings. The molecule has 1 aliphatic carbocycles. The lowest BCUT2D eigenvalue weighted by atomic mass is 10.1. The van der Waals surface area contributed by atoms with Gasteiger partial charge in [0.05, 0.1) is 53.4 Å². The average Bonchev–Trinajstić information content (AvgIpc) is 3.82. The van der Waals surface area contributed by atoms with E-state index in [0.29, 0.717) is 58.8 Å². The second-order valence-corrected chi connectivity index (χ2v) is 13.9. The lowest BCUT2D eigenvalue weighted by Gasteiger charge is -2.45. The molecule has 2 aromatic heterocycles. The van der Waals surface area contributed by atoms with Crippen LogP contribution in [0.25, 0.3) is 5.65 Å². The van der Waals surface area contributed by atoms with E-state index in [2.05, 4.69) is 37.3 Å². The Bertz CT molecular complexity index is 1940. The molecule has 0 bridgehead atoms. The molecule has 2 atom stereocenters. The number of ether oxygens (including phenoxy) is 2. The monoisotopic (exact) mass is 682 g/mol. The van der Waals surface area contributed by atoms with Gasteiger partial charge in [0.1, 0.15) is 23.0 Å². The van der Waals surface area contributed by atoms with Gasteiger partial charge in [0.15, 0.2) is 5.65 Å². The molecule has 2 aromatic carbocycles. The van der Waals surface area contributed by atoms with Crippen LogP contribution in [0.1, 0.15) is 64.2 Å². The molecule has 3 heterocycles. The van der Waals surface area contributed by atoms with Crippen molar-refractivity contribution < 1.29 is 14.3 Å². The first-order valence-corrected chi connectivity index (χ1v) is 16.6. The van der Waals surface area contributed by atoms with Crippen LogP contribution in [0.2, 0.25) is 5.02 Å². The summed E-state index contributed by atoms with van der Waals surface area (Å²) in [5.41, 5.74) is 2.57. The minimum absolute atomic E-state index is 0.185. The summed E-state index contributed by atoms with van der Waals surface area (Å²) in [5, 5.41) is 28.0. The van der Waals surface area contributed by atoms with E-state index in [1.54, 1.807) is 28.7 Å². The number of aromatic nitrogens is 4. The Hall–Kier alpha value is -5.27. The van der Waals surface area contributed by atoms with Crippen LogP contribution in [-0.2, 0) is 11.3 Å². The standard InChI is InChI=1S/C35H39ClN10O3/c1-21-18-43(19-22(2)45(21)34(47)49-35(3,4)5)29-14-24(15-37)13-28(30(29)36)40-32-41-31-25(16-38)17-39-46(31)33(42-32)44(26-9-10-26)20-23-7-11-27(48-6)12-8-23/h7-8,11-14,17,21-22,26H,9-10,18-20H2,1-6H3,(H,40,41)/t21-,22+. The third-order valence-corrected chi connectivity index (χ3v) is 8.92. The number of benzene rings is 2. The molecule has 6 rings (SSSR count). The van der Waals surface area contributed by atoms with Gasteiger partial charge in [-0.25, -0.2) is 4.79 Å². The minimum Gasteiger partial charge on any atom is -0.497 e. The highest BCUT2D eigenvalue weighted by Crippen LogP contribution is 2.39. The summed E-state index contributed by atoms with van der Waals surface area (Å²) in [6.45, 7) is 11.0. The van der Waals surface area contributed by atoms with Crippen LogP contribution in [0, 0.1) is 22.7 Å². The lowest BCUT2D eigenvalue weighted by molar-refractivity contribution is 0.00566. The summed E-state index contributed by atoms with van der Waals surface area (Å²) in [7, 11) is 1.64. The Morgan fingerprint density at radius 3 is 2.37 bits per heavy atom. The van der Waals surface area contributed by atoms with Crippen LogP contribution in [-0.4, -0.2) is 74.5 Å². The number of anilines is 4. The topological polar surface area (TPSA) is 148 Å². The summed E-state index contributed by atoms with van der Waals surface area (Å²) in [6.07, 6.45) is 3.11. The first kappa shape index (κ1) is 33.6. The number of carbonyl (C=O) groups is 1. The molecule has 1 N–H and O–H groups in total. The number of rotatable bonds is 8. The van der Waals surface area contributed by atoms with Crippen molar-refractivity contribution in [3.63, 3.8) is 0 Å². The quantitative estimate of drug-likeness (QED) is 0.224. The normalized spacial score (nSPS) is 17.7. The van der Waals surface area contributed by atoms with Crippen LogP contribution in [0.5, 0.6) is 5.75 Å². The highest BCUT2D eigenvalue weighted by Gasteiger charge is 2.37. The second kappa shape index (κ2) is 13.3. The van der Waals surface area contributed by atoms with Crippen LogP contribution in [0.15, 0.2) is 42.6 Å². The van der Waals surface area contributed by atoms with E-state index in [1.165, 1.54) is 6.20 Å². The second-order valence-electron chi connectivity index (χ2n) is 13.5. The highest BCUT2D eigenvalue weighted by atomic mass is 35.5. The van der Waals surface area contributed by atoms with Crippen molar-refractivity contribution in [2.45, 2.75) is 77.7 Å². The molecule has 49 heavy (non-hydrogen) atoms. The van der Waals surface area contributed by atoms with Crippen molar-refractivity contribution in [2.24, 2.45) is 0 Å². The molecule has 14 heteroatoms. The van der Waals surface area contributed by atoms with Gasteiger partial charge in [0.2, 0.25) is 11.9 Å². The Morgan fingerprint density at radius 2 is 1.78 bits per heavy atom. The van der Waals surface area contributed by atoms with E-state index in [9.17, 15) is 15.3 Å². The Balaban J connectivity index is 1.34. The first-order valence-electron chi connectivity index (χ1n) is 16.2. The number of methoxy groups -OCH3 is 1. The van der Waals surface area contributed by atoms with Crippen molar-refractivity contribution in [2.75, 3.05) is 35.3 Å². The first-order chi connectivity index (χ1) is 23.4. The Morgan fingerprint density at radius 1 is 1.08 bits per heavy atom. The molecular formula is C35H39ClN10O3. The number of amides is 1. The van der Waals surface area contributed by atoms with Gasteiger partial charge in [-0.2, -0.15) is 30.1 Å². The van der Waals surface area contributed by atoms with Gasteiger partial charge in [-0.3, -0.25) is 4.90 Å². The molecule has 13 nitrogen and oxygen atoms in total. The van der Waals surface area contributed by atoms with Crippen LogP contribution in [0.4, 0.5) is 28.1 Å². The van der Waals surface area contributed by atoms with Gasteiger partial charge in [-0.1, -0.05) is 23.7 Å². The predicted octanol–water partition coefficient (Wildman–Crippen LogP) is 6.28. The largest absolute Gasteiger partial charge is 0.497 e. The summed E-state index contributed by atoms with van der Waals surface area (Å²) < 4.78 is 12.6. The Kier molecular flexibility index (Phi) is 9.14. The zero-order chi connectivity index (χ0) is 35.0. The number of nitriles is 2. The molecule has 1 saturated carbocycles. The summed E-state index contributed by atoms with van der Waals surface area (Å²) in [4.78, 5) is 28.6. The number of hydrogen-bond donors (Lipinski definition) is 1. The van der Waals surface area contributed by atoms with Crippen molar-refractivity contribution in [1.29, 1.82) is 10.5 Å². The van der Waals surface area contributed by atoms with Crippen molar-refractivity contribution >= 4 is 46.6 Å². The van der Waals surface area contributed by atoms with E-state index in [0.717, 1.165) is 24.2 Å². The third kappa shape index (κ3) is 7.13. The molecule has 254 valence electrons. The molecule has 1 amide bonds. The number of carbonyl (C=O) groups excluding carboxylic acids is 1. The van der Waals surface area contributed by atoms with Gasteiger partial charge in [0.25, 0.3) is 0 Å². The fraction of sp³-hybridized carbons (Fsp3) is 0.429. The lowest BCUT2D eigenvalue weighted by Crippen LogP contribution is -2.59. The van der Waals surface area contributed by atoms with Gasteiger partial charge in [0, 0.05) is 25.7 Å². The number of nitrogens with one attached hydrogen (secondary N) is 1. The van der Waals surface area contributed by atoms with Gasteiger partial charge in [-0.15, -0.1) is 0 Å². The van der Waals surface area contributed by atoms with Crippen molar-refractivity contribution in [1.82, 2.24) is 24.5 Å². The maximum absolute atomic E-state index is 13.0. The van der Waals surface area contributed by atoms with Gasteiger partial charge < -0.3 is 24.6 Å². The average molecular weight is 683 g/mol. The van der Waals surface area contributed by atoms with Crippen molar-refractivity contribution in [3.05, 3.63) is 64.3 Å². The van der Waals surface area contributed by atoms with Gasteiger partial charge in [-0.05, 0) is 77.3 Å². The number of fused-ring (bicyclic) bond motifs is 1. The molecular weight excluding hydrogens is 644 g/mol. The zero-order valence-corrected chi connectivity index (χ0v) is 29.2. The summed E-state index contributed by atoms with van der Waals surface area (Å²) in [6, 6.07) is 15.6. The zero-order valence-electron chi connectivity index (χ0n) is 28.4. The van der Waals surface area contributed by atoms with Crippen molar-refractivity contribution in [3.8, 4) is 17.9 Å². The van der Waals surface area contributed by atoms with E-state index < -0.39 is 5.60 Å². The molecule has 0 unspecified atom stereocenters. The predicted molar refractivity (Wildman–Crippen MR) is 186 cm³/mol. The maximum atomic E-state index is 13.0. The van der Waals surface area contributed by atoms with Gasteiger partial charge >= 0.3 is 6.09 Å². The number of hydrogen-bond acceptors (Lipinski definition) is 11.